The zero-order valence-corrected chi connectivity index (χ0v) is 5.02. The molecular weight excluding hydrogens is 92.1 g/mol. The summed E-state index contributed by atoms with van der Waals surface area (Å²) in [4.78, 5) is 0. The number of hydrogen-bond acceptors (Lipinski definition) is 1. The van der Waals surface area contributed by atoms with Crippen LogP contribution in [0.5, 0.6) is 0 Å². The quantitative estimate of drug-likeness (QED) is 0.354. The Bertz CT molecular complexity index is 60.5. The van der Waals surface area contributed by atoms with E-state index in [-0.39, 0.29) is 0 Å². The number of esters is 1. The molecule has 0 aliphatic rings. The fraction of sp³-hybridized carbons (Fsp3) is 0.800. The Balaban J connectivity index is 3.38. The van der Waals surface area contributed by atoms with Crippen LogP contribution in [-0.4, -0.2) is 20.2 Å². The summed E-state index contributed by atoms with van der Waals surface area (Å²) in [6, 6.07) is 0. The molecule has 0 unspecified atom stereocenters. The van der Waals surface area contributed by atoms with Crippen LogP contribution in [0.4, 0.5) is 0 Å². The maximum absolute atomic E-state index is 4.74. The molecule has 0 aromatic carbocycles. The maximum Gasteiger partial charge on any atom is 0.483 e. The Morgan fingerprint density at radius 2 is 2.29 bits per heavy atom. The fourth-order valence-electron chi connectivity index (χ4n) is 0.372. The minimum atomic E-state index is 0.681. The second kappa shape index (κ2) is 3.65. The highest BCUT2D eigenvalue weighted by molar-refractivity contribution is 5.69. The van der Waals surface area contributed by atoms with Gasteiger partial charge in [0.05, 0.1) is 6.42 Å². The number of rotatable bonds is 1. The van der Waals surface area contributed by atoms with Crippen molar-refractivity contribution in [2.24, 2.45) is 0 Å². The van der Waals surface area contributed by atoms with Crippen LogP contribution < -0.4 is 0 Å². The Morgan fingerprint density at radius 3 is 2.29 bits per heavy atom. The topological polar surface area (TPSA) is 20.5 Å². The van der Waals surface area contributed by atoms with E-state index in [1.54, 1.807) is 14.2 Å². The fourth-order valence-corrected chi connectivity index (χ4v) is 0.372. The van der Waals surface area contributed by atoms with Crippen LogP contribution in [-0.2, 0) is 9.16 Å². The highest BCUT2D eigenvalue weighted by atomic mass is 16.6. The first-order chi connectivity index (χ1) is 3.35. The summed E-state index contributed by atoms with van der Waals surface area (Å²) >= 11 is 0. The summed E-state index contributed by atoms with van der Waals surface area (Å²) in [5.41, 5.74) is 0. The molecule has 0 spiro atoms. The highest BCUT2D eigenvalue weighted by Crippen LogP contribution is 1.79. The van der Waals surface area contributed by atoms with Gasteiger partial charge in [-0.15, -0.1) is 0 Å². The van der Waals surface area contributed by atoms with Crippen LogP contribution in [0.15, 0.2) is 0 Å². The van der Waals surface area contributed by atoms with Crippen molar-refractivity contribution in [3.05, 3.63) is 0 Å². The van der Waals surface area contributed by atoms with Gasteiger partial charge in [0.15, 0.2) is 14.2 Å². The molecule has 0 N–H and O–H groups in total. The first-order valence-corrected chi connectivity index (χ1v) is 2.29. The van der Waals surface area contributed by atoms with Crippen LogP contribution in [0.25, 0.3) is 0 Å². The van der Waals surface area contributed by atoms with Crippen LogP contribution in [0.3, 0.4) is 0 Å². The second-order valence-electron chi connectivity index (χ2n) is 1.13. The van der Waals surface area contributed by atoms with Crippen molar-refractivity contribution in [1.82, 2.24) is 0 Å². The monoisotopic (exact) mass is 103 g/mol. The molecule has 0 heterocycles. The van der Waals surface area contributed by atoms with Gasteiger partial charge < -0.3 is 9.16 Å². The van der Waals surface area contributed by atoms with E-state index < -0.39 is 0 Å². The Morgan fingerprint density at radius 1 is 1.71 bits per heavy atom. The lowest BCUT2D eigenvalue weighted by Gasteiger charge is -1.80. The van der Waals surface area contributed by atoms with Crippen molar-refractivity contribution in [3.8, 4) is 0 Å². The van der Waals surface area contributed by atoms with Crippen molar-refractivity contribution < 1.29 is 9.16 Å². The predicted molar refractivity (Wildman–Crippen MR) is 28.2 cm³/mol. The van der Waals surface area contributed by atoms with Gasteiger partial charge in [0, 0.05) is 0 Å². The van der Waals surface area contributed by atoms with Gasteiger partial charge in [-0.25, -0.2) is 0 Å². The molecule has 0 rings (SSSR count). The minimum absolute atomic E-state index is 0.681. The molecule has 0 aromatic rings. The standard InChI is InChI=1S/C5H11O2/c1-4-5(6-2)7-3/h4H2,1-3H3/q+1. The van der Waals surface area contributed by atoms with Crippen LogP contribution in [0, 0.1) is 0 Å². The van der Waals surface area contributed by atoms with E-state index in [0.29, 0.717) is 5.97 Å². The lowest BCUT2D eigenvalue weighted by Crippen LogP contribution is -1.99. The number of carbonyl (C=O) groups excluding carboxylic acids is 1. The second-order valence-corrected chi connectivity index (χ2v) is 1.13. The summed E-state index contributed by atoms with van der Waals surface area (Å²) in [6.07, 6.45) is 0.826. The molecule has 0 atom stereocenters. The summed E-state index contributed by atoms with van der Waals surface area (Å²) < 4.78 is 9.49. The van der Waals surface area contributed by atoms with Crippen molar-refractivity contribution in [2.45, 2.75) is 13.3 Å². The summed E-state index contributed by atoms with van der Waals surface area (Å²) in [6.45, 7) is 1.97. The van der Waals surface area contributed by atoms with Gasteiger partial charge in [-0.1, -0.05) is 0 Å². The maximum atomic E-state index is 4.74. The van der Waals surface area contributed by atoms with Gasteiger partial charge in [0.1, 0.15) is 0 Å². The Labute approximate surface area is 43.8 Å². The molecule has 2 nitrogen and oxygen atoms in total. The van der Waals surface area contributed by atoms with E-state index in [2.05, 4.69) is 0 Å². The van der Waals surface area contributed by atoms with E-state index >= 15 is 0 Å². The molecule has 0 bridgehead atoms. The van der Waals surface area contributed by atoms with Gasteiger partial charge in [0.25, 0.3) is 0 Å². The van der Waals surface area contributed by atoms with Crippen LogP contribution in [0.2, 0.25) is 0 Å². The smallest absolute Gasteiger partial charge is 0.325 e. The van der Waals surface area contributed by atoms with E-state index in [0.717, 1.165) is 6.42 Å². The first kappa shape index (κ1) is 6.47. The molecule has 0 aromatic heterocycles. The van der Waals surface area contributed by atoms with Gasteiger partial charge in [-0.3, -0.25) is 0 Å². The third-order valence-corrected chi connectivity index (χ3v) is 0.744. The normalized spacial score (nSPS) is 11.6. The molecule has 7 heavy (non-hydrogen) atoms. The molecular formula is C5H11O2+. The van der Waals surface area contributed by atoms with Gasteiger partial charge >= 0.3 is 5.97 Å². The average molecular weight is 103 g/mol. The van der Waals surface area contributed by atoms with Gasteiger partial charge in [-0.05, 0) is 6.92 Å². The summed E-state index contributed by atoms with van der Waals surface area (Å²) in [5.74, 6) is 0.681. The molecule has 0 amide bonds. The van der Waals surface area contributed by atoms with Crippen molar-refractivity contribution in [3.63, 3.8) is 0 Å². The van der Waals surface area contributed by atoms with Gasteiger partial charge in [0.2, 0.25) is 0 Å². The van der Waals surface area contributed by atoms with E-state index in [1.807, 2.05) is 6.92 Å². The predicted octanol–water partition coefficient (Wildman–Crippen LogP) is 0.735. The lowest BCUT2D eigenvalue weighted by atomic mass is 10.5. The van der Waals surface area contributed by atoms with Crippen molar-refractivity contribution >= 4 is 5.97 Å². The molecule has 0 fully saturated rings. The van der Waals surface area contributed by atoms with E-state index in [9.17, 15) is 0 Å². The first-order valence-electron chi connectivity index (χ1n) is 2.29. The Hall–Kier alpha value is -0.530. The van der Waals surface area contributed by atoms with E-state index in [4.69, 9.17) is 9.16 Å². The van der Waals surface area contributed by atoms with Crippen LogP contribution >= 0.6 is 0 Å². The SMILES string of the molecule is CCC(OC)=[O+]C. The molecule has 0 saturated heterocycles. The van der Waals surface area contributed by atoms with Crippen molar-refractivity contribution in [2.75, 3.05) is 14.2 Å². The molecule has 0 aliphatic heterocycles. The average Bonchev–Trinajstić information content (AvgIpc) is 1.72. The number of hydrogen-bond donors (Lipinski definition) is 0. The minimum Gasteiger partial charge on any atom is -0.325 e. The van der Waals surface area contributed by atoms with Crippen molar-refractivity contribution in [1.29, 1.82) is 0 Å². The Kier molecular flexibility index (Phi) is 3.38. The summed E-state index contributed by atoms with van der Waals surface area (Å²) in [5, 5.41) is 0. The third kappa shape index (κ3) is 2.20. The molecule has 42 valence electrons. The zero-order valence-electron chi connectivity index (χ0n) is 5.02. The molecule has 0 aliphatic carbocycles. The molecule has 2 heteroatoms. The zero-order chi connectivity index (χ0) is 5.70. The van der Waals surface area contributed by atoms with E-state index in [1.165, 1.54) is 0 Å². The third-order valence-electron chi connectivity index (χ3n) is 0.744. The number of methoxy groups -OCH3 is 1. The molecule has 0 saturated carbocycles. The summed E-state index contributed by atoms with van der Waals surface area (Å²) in [7, 11) is 3.20. The highest BCUT2D eigenvalue weighted by Gasteiger charge is 2.02. The lowest BCUT2D eigenvalue weighted by molar-refractivity contribution is -0.432. The largest absolute Gasteiger partial charge is 0.483 e. The number of ether oxygens (including phenoxy) is 1. The van der Waals surface area contributed by atoms with Crippen LogP contribution in [0.1, 0.15) is 13.3 Å². The van der Waals surface area contributed by atoms with Gasteiger partial charge in [-0.2, -0.15) is 0 Å². The molecule has 0 radical (unpaired) electrons.